The monoisotopic (exact) mass is 285 g/mol. The lowest BCUT2D eigenvalue weighted by Gasteiger charge is -2.39. The fourth-order valence-corrected chi connectivity index (χ4v) is 2.85. The van der Waals surface area contributed by atoms with Gasteiger partial charge in [0.05, 0.1) is 23.2 Å². The van der Waals surface area contributed by atoms with Crippen molar-refractivity contribution in [2.24, 2.45) is 5.92 Å². The van der Waals surface area contributed by atoms with Gasteiger partial charge in [-0.1, -0.05) is 18.5 Å². The topological polar surface area (TPSA) is 40.5 Å². The van der Waals surface area contributed by atoms with Gasteiger partial charge in [0.15, 0.2) is 0 Å². The van der Waals surface area contributed by atoms with Gasteiger partial charge in [0.25, 0.3) is 5.91 Å². The number of aliphatic hydroxyl groups excluding tert-OH is 1. The molecule has 2 atom stereocenters. The Morgan fingerprint density at radius 1 is 1.58 bits per heavy atom. The Kier molecular flexibility index (Phi) is 4.42. The standard InChI is InChI=1S/C14H17ClFNO2/c1-9-3-2-6-17(13(9)8-18)14(19)11-5-4-10(16)7-12(11)15/h4-5,7,9,13,18H,2-3,6,8H2,1H3. The van der Waals surface area contributed by atoms with Gasteiger partial charge in [-0.05, 0) is 37.0 Å². The lowest BCUT2D eigenvalue weighted by Crippen LogP contribution is -2.49. The van der Waals surface area contributed by atoms with Crippen molar-refractivity contribution < 1.29 is 14.3 Å². The second-order valence-corrected chi connectivity index (χ2v) is 5.40. The first-order valence-electron chi connectivity index (χ1n) is 6.41. The van der Waals surface area contributed by atoms with Crippen LogP contribution in [0.25, 0.3) is 0 Å². The maximum atomic E-state index is 13.0. The minimum Gasteiger partial charge on any atom is -0.394 e. The average Bonchev–Trinajstić information content (AvgIpc) is 2.37. The summed E-state index contributed by atoms with van der Waals surface area (Å²) in [5, 5.41) is 9.57. The van der Waals surface area contributed by atoms with Crippen LogP contribution in [0.1, 0.15) is 30.1 Å². The number of aliphatic hydroxyl groups is 1. The second kappa shape index (κ2) is 5.88. The van der Waals surface area contributed by atoms with Crippen LogP contribution in [0.3, 0.4) is 0 Å². The molecule has 0 aromatic heterocycles. The summed E-state index contributed by atoms with van der Waals surface area (Å²) in [6.07, 6.45) is 1.90. The fourth-order valence-electron chi connectivity index (χ4n) is 2.60. The molecule has 104 valence electrons. The van der Waals surface area contributed by atoms with Crippen molar-refractivity contribution in [1.82, 2.24) is 4.90 Å². The molecule has 1 aromatic carbocycles. The van der Waals surface area contributed by atoms with Gasteiger partial charge in [-0.2, -0.15) is 0 Å². The third-order valence-electron chi connectivity index (χ3n) is 3.73. The van der Waals surface area contributed by atoms with Gasteiger partial charge < -0.3 is 10.0 Å². The highest BCUT2D eigenvalue weighted by Gasteiger charge is 2.32. The van der Waals surface area contributed by atoms with Crippen LogP contribution in [0.5, 0.6) is 0 Å². The zero-order chi connectivity index (χ0) is 14.0. The molecule has 1 heterocycles. The number of nitrogens with zero attached hydrogens (tertiary/aromatic N) is 1. The first kappa shape index (κ1) is 14.3. The number of rotatable bonds is 2. The van der Waals surface area contributed by atoms with Crippen LogP contribution in [0.4, 0.5) is 4.39 Å². The molecule has 1 aliphatic rings. The molecule has 0 spiro atoms. The van der Waals surface area contributed by atoms with Crippen molar-refractivity contribution in [3.63, 3.8) is 0 Å². The number of likely N-dealkylation sites (tertiary alicyclic amines) is 1. The molecular formula is C14H17ClFNO2. The number of carbonyl (C=O) groups excluding carboxylic acids is 1. The van der Waals surface area contributed by atoms with Crippen LogP contribution < -0.4 is 0 Å². The molecule has 19 heavy (non-hydrogen) atoms. The SMILES string of the molecule is CC1CCCN(C(=O)c2ccc(F)cc2Cl)C1CO. The average molecular weight is 286 g/mol. The molecule has 0 radical (unpaired) electrons. The van der Waals surface area contributed by atoms with Crippen molar-refractivity contribution in [3.8, 4) is 0 Å². The number of carbonyl (C=O) groups is 1. The summed E-state index contributed by atoms with van der Waals surface area (Å²) < 4.78 is 13.0. The van der Waals surface area contributed by atoms with Crippen LogP contribution in [-0.2, 0) is 0 Å². The molecule has 1 N–H and O–H groups in total. The molecule has 3 nitrogen and oxygen atoms in total. The zero-order valence-electron chi connectivity index (χ0n) is 10.8. The molecule has 1 fully saturated rings. The number of amides is 1. The third kappa shape index (κ3) is 2.90. The van der Waals surface area contributed by atoms with Gasteiger partial charge >= 0.3 is 0 Å². The predicted octanol–water partition coefficient (Wildman–Crippen LogP) is 2.71. The van der Waals surface area contributed by atoms with E-state index in [9.17, 15) is 14.3 Å². The van der Waals surface area contributed by atoms with E-state index in [2.05, 4.69) is 0 Å². The van der Waals surface area contributed by atoms with E-state index in [1.54, 1.807) is 4.90 Å². The Labute approximate surface area is 117 Å². The number of benzene rings is 1. The molecule has 1 saturated heterocycles. The van der Waals surface area contributed by atoms with Gasteiger partial charge in [0.1, 0.15) is 5.82 Å². The molecule has 5 heteroatoms. The van der Waals surface area contributed by atoms with Crippen molar-refractivity contribution in [2.45, 2.75) is 25.8 Å². The Balaban J connectivity index is 2.27. The predicted molar refractivity (Wildman–Crippen MR) is 71.7 cm³/mol. The van der Waals surface area contributed by atoms with E-state index >= 15 is 0 Å². The molecule has 0 bridgehead atoms. The van der Waals surface area contributed by atoms with Crippen LogP contribution in [0.15, 0.2) is 18.2 Å². The quantitative estimate of drug-likeness (QED) is 0.908. The summed E-state index contributed by atoms with van der Waals surface area (Å²) in [4.78, 5) is 14.1. The van der Waals surface area contributed by atoms with Crippen molar-refractivity contribution in [1.29, 1.82) is 0 Å². The molecule has 1 amide bonds. The molecule has 1 aromatic rings. The number of hydrogen-bond donors (Lipinski definition) is 1. The second-order valence-electron chi connectivity index (χ2n) is 4.99. The Morgan fingerprint density at radius 2 is 2.32 bits per heavy atom. The molecule has 0 saturated carbocycles. The molecule has 1 aliphatic heterocycles. The van der Waals surface area contributed by atoms with Crippen LogP contribution in [-0.4, -0.2) is 35.1 Å². The normalized spacial score (nSPS) is 23.5. The number of halogens is 2. The number of piperidine rings is 1. The number of hydrogen-bond acceptors (Lipinski definition) is 2. The van der Waals surface area contributed by atoms with E-state index in [1.807, 2.05) is 6.92 Å². The minimum atomic E-state index is -0.465. The van der Waals surface area contributed by atoms with E-state index in [-0.39, 0.29) is 35.1 Å². The summed E-state index contributed by atoms with van der Waals surface area (Å²) in [5.41, 5.74) is 0.288. The summed E-state index contributed by atoms with van der Waals surface area (Å²) in [6, 6.07) is 3.56. The van der Waals surface area contributed by atoms with Gasteiger partial charge in [0, 0.05) is 6.54 Å². The largest absolute Gasteiger partial charge is 0.394 e. The zero-order valence-corrected chi connectivity index (χ0v) is 11.5. The van der Waals surface area contributed by atoms with E-state index in [4.69, 9.17) is 11.6 Å². The first-order valence-corrected chi connectivity index (χ1v) is 6.79. The van der Waals surface area contributed by atoms with E-state index in [0.29, 0.717) is 6.54 Å². The summed E-state index contributed by atoms with van der Waals surface area (Å²) in [5.74, 6) is -0.454. The van der Waals surface area contributed by atoms with Crippen LogP contribution in [0.2, 0.25) is 5.02 Å². The Hall–Kier alpha value is -1.13. The summed E-state index contributed by atoms with van der Waals surface area (Å²) >= 11 is 5.92. The van der Waals surface area contributed by atoms with E-state index in [1.165, 1.54) is 12.1 Å². The highest BCUT2D eigenvalue weighted by molar-refractivity contribution is 6.33. The van der Waals surface area contributed by atoms with Crippen molar-refractivity contribution >= 4 is 17.5 Å². The Morgan fingerprint density at radius 3 is 2.95 bits per heavy atom. The Bertz CT molecular complexity index is 481. The molecular weight excluding hydrogens is 269 g/mol. The smallest absolute Gasteiger partial charge is 0.255 e. The fraction of sp³-hybridized carbons (Fsp3) is 0.500. The summed E-state index contributed by atoms with van der Waals surface area (Å²) in [6.45, 7) is 2.56. The molecule has 2 unspecified atom stereocenters. The highest BCUT2D eigenvalue weighted by Crippen LogP contribution is 2.27. The van der Waals surface area contributed by atoms with Gasteiger partial charge in [-0.3, -0.25) is 4.79 Å². The minimum absolute atomic E-state index is 0.0638. The highest BCUT2D eigenvalue weighted by atomic mass is 35.5. The molecule has 0 aliphatic carbocycles. The first-order chi connectivity index (χ1) is 9.04. The van der Waals surface area contributed by atoms with Crippen molar-refractivity contribution in [3.05, 3.63) is 34.6 Å². The molecule has 2 rings (SSSR count). The van der Waals surface area contributed by atoms with Crippen LogP contribution >= 0.6 is 11.6 Å². The van der Waals surface area contributed by atoms with Crippen LogP contribution in [0, 0.1) is 11.7 Å². The lowest BCUT2D eigenvalue weighted by molar-refractivity contribution is 0.0358. The maximum absolute atomic E-state index is 13.0. The van der Waals surface area contributed by atoms with Gasteiger partial charge in [-0.25, -0.2) is 4.39 Å². The third-order valence-corrected chi connectivity index (χ3v) is 4.04. The van der Waals surface area contributed by atoms with E-state index in [0.717, 1.165) is 18.9 Å². The summed E-state index contributed by atoms with van der Waals surface area (Å²) in [7, 11) is 0. The van der Waals surface area contributed by atoms with Gasteiger partial charge in [-0.15, -0.1) is 0 Å². The van der Waals surface area contributed by atoms with E-state index < -0.39 is 5.82 Å². The van der Waals surface area contributed by atoms with Crippen molar-refractivity contribution in [2.75, 3.05) is 13.2 Å². The lowest BCUT2D eigenvalue weighted by atomic mass is 9.90. The van der Waals surface area contributed by atoms with Gasteiger partial charge in [0.2, 0.25) is 0 Å². The maximum Gasteiger partial charge on any atom is 0.255 e.